The van der Waals surface area contributed by atoms with Crippen LogP contribution in [0.3, 0.4) is 0 Å². The Morgan fingerprint density at radius 3 is 2.80 bits per heavy atom. The molecule has 82 valence electrons. The third-order valence-corrected chi connectivity index (χ3v) is 2.26. The second-order valence-electron chi connectivity index (χ2n) is 3.07. The topological polar surface area (TPSA) is 49.3 Å². The van der Waals surface area contributed by atoms with Gasteiger partial charge in [-0.25, -0.2) is 9.18 Å². The molecule has 0 amide bonds. The van der Waals surface area contributed by atoms with E-state index in [2.05, 4.69) is 5.32 Å². The number of benzene rings is 1. The van der Waals surface area contributed by atoms with Crippen molar-refractivity contribution < 1.29 is 14.3 Å². The Labute approximate surface area is 91.9 Å². The van der Waals surface area contributed by atoms with Gasteiger partial charge in [-0.2, -0.15) is 0 Å². The minimum absolute atomic E-state index is 0.0276. The predicted octanol–water partition coefficient (Wildman–Crippen LogP) is 2.75. The monoisotopic (exact) mass is 231 g/mol. The smallest absolute Gasteiger partial charge is 0.326 e. The molecule has 1 atom stereocenters. The van der Waals surface area contributed by atoms with Gasteiger partial charge in [0.05, 0.1) is 5.02 Å². The summed E-state index contributed by atoms with van der Waals surface area (Å²) in [7, 11) is 0. The predicted molar refractivity (Wildman–Crippen MR) is 56.7 cm³/mol. The molecule has 0 fully saturated rings. The second-order valence-corrected chi connectivity index (χ2v) is 3.48. The highest BCUT2D eigenvalue weighted by atomic mass is 35.5. The molecule has 0 saturated heterocycles. The summed E-state index contributed by atoms with van der Waals surface area (Å²) in [5.41, 5.74) is 0.496. The van der Waals surface area contributed by atoms with Crippen molar-refractivity contribution in [1.82, 2.24) is 0 Å². The lowest BCUT2D eigenvalue weighted by molar-refractivity contribution is -0.137. The van der Waals surface area contributed by atoms with Crippen molar-refractivity contribution in [2.75, 3.05) is 5.32 Å². The van der Waals surface area contributed by atoms with Gasteiger partial charge in [0, 0.05) is 5.69 Å². The van der Waals surface area contributed by atoms with Crippen LogP contribution in [0.2, 0.25) is 5.02 Å². The molecule has 5 heteroatoms. The average molecular weight is 232 g/mol. The van der Waals surface area contributed by atoms with E-state index in [1.54, 1.807) is 6.92 Å². The first kappa shape index (κ1) is 11.8. The van der Waals surface area contributed by atoms with E-state index >= 15 is 0 Å². The fraction of sp³-hybridized carbons (Fsp3) is 0.300. The van der Waals surface area contributed by atoms with Crippen LogP contribution in [0.1, 0.15) is 13.3 Å². The van der Waals surface area contributed by atoms with Gasteiger partial charge in [-0.05, 0) is 24.6 Å². The number of carbonyl (C=O) groups is 1. The van der Waals surface area contributed by atoms with Crippen molar-refractivity contribution >= 4 is 23.3 Å². The van der Waals surface area contributed by atoms with Gasteiger partial charge in [0.25, 0.3) is 0 Å². The first-order valence-electron chi connectivity index (χ1n) is 4.49. The lowest BCUT2D eigenvalue weighted by atomic mass is 10.2. The fourth-order valence-corrected chi connectivity index (χ4v) is 1.31. The normalized spacial score (nSPS) is 12.2. The van der Waals surface area contributed by atoms with E-state index in [1.165, 1.54) is 18.2 Å². The number of carboxylic acid groups (broad SMARTS) is 1. The third kappa shape index (κ3) is 3.09. The molecule has 0 aliphatic carbocycles. The number of carboxylic acids is 1. The summed E-state index contributed by atoms with van der Waals surface area (Å²) in [6.45, 7) is 1.75. The molecule has 0 heterocycles. The molecule has 0 unspecified atom stereocenters. The Kier molecular flexibility index (Phi) is 3.91. The Balaban J connectivity index is 2.80. The number of nitrogens with one attached hydrogen (secondary N) is 1. The molecule has 1 aromatic carbocycles. The summed E-state index contributed by atoms with van der Waals surface area (Å²) in [6, 6.07) is 3.32. The molecule has 1 aromatic rings. The number of anilines is 1. The Morgan fingerprint density at radius 1 is 1.67 bits per heavy atom. The molecule has 0 spiro atoms. The van der Waals surface area contributed by atoms with Crippen LogP contribution < -0.4 is 5.32 Å². The van der Waals surface area contributed by atoms with Gasteiger partial charge in [-0.3, -0.25) is 0 Å². The molecule has 3 nitrogen and oxygen atoms in total. The maximum absolute atomic E-state index is 12.8. The summed E-state index contributed by atoms with van der Waals surface area (Å²) in [6.07, 6.45) is 0.435. The van der Waals surface area contributed by atoms with Crippen molar-refractivity contribution in [1.29, 1.82) is 0 Å². The van der Waals surface area contributed by atoms with Gasteiger partial charge in [0.15, 0.2) is 0 Å². The summed E-state index contributed by atoms with van der Waals surface area (Å²) in [4.78, 5) is 10.7. The summed E-state index contributed by atoms with van der Waals surface area (Å²) in [5.74, 6) is -1.47. The van der Waals surface area contributed by atoms with Crippen molar-refractivity contribution in [3.63, 3.8) is 0 Å². The summed E-state index contributed by atoms with van der Waals surface area (Å²) in [5, 5.41) is 11.5. The van der Waals surface area contributed by atoms with E-state index in [1.807, 2.05) is 0 Å². The number of halogens is 2. The second kappa shape index (κ2) is 4.98. The van der Waals surface area contributed by atoms with Crippen molar-refractivity contribution in [3.05, 3.63) is 29.0 Å². The highest BCUT2D eigenvalue weighted by Gasteiger charge is 2.14. The van der Waals surface area contributed by atoms with Gasteiger partial charge in [-0.15, -0.1) is 0 Å². The Hall–Kier alpha value is -1.29. The van der Waals surface area contributed by atoms with Crippen LogP contribution in [0.4, 0.5) is 10.1 Å². The first-order valence-corrected chi connectivity index (χ1v) is 4.86. The molecule has 0 aliphatic rings. The Morgan fingerprint density at radius 2 is 2.33 bits per heavy atom. The van der Waals surface area contributed by atoms with Crippen LogP contribution in [0.25, 0.3) is 0 Å². The van der Waals surface area contributed by atoms with E-state index in [-0.39, 0.29) is 5.02 Å². The zero-order valence-electron chi connectivity index (χ0n) is 8.13. The van der Waals surface area contributed by atoms with E-state index < -0.39 is 17.8 Å². The molecular formula is C10H11ClFNO2. The standard InChI is InChI=1S/C10H11ClFNO2/c1-2-9(10(14)15)13-6-3-4-8(12)7(11)5-6/h3-5,9,13H,2H2,1H3,(H,14,15)/t9-/m1/s1. The minimum atomic E-state index is -0.946. The molecule has 15 heavy (non-hydrogen) atoms. The lowest BCUT2D eigenvalue weighted by Crippen LogP contribution is -2.28. The quantitative estimate of drug-likeness (QED) is 0.838. The summed E-state index contributed by atoms with van der Waals surface area (Å²) >= 11 is 5.56. The molecule has 0 radical (unpaired) electrons. The molecule has 0 bridgehead atoms. The van der Waals surface area contributed by atoms with Crippen molar-refractivity contribution in [3.8, 4) is 0 Å². The fourth-order valence-electron chi connectivity index (χ4n) is 1.13. The van der Waals surface area contributed by atoms with E-state index in [0.29, 0.717) is 12.1 Å². The van der Waals surface area contributed by atoms with Crippen LogP contribution in [-0.4, -0.2) is 17.1 Å². The number of aliphatic carboxylic acids is 1. The van der Waals surface area contributed by atoms with Crippen LogP contribution in [0.5, 0.6) is 0 Å². The lowest BCUT2D eigenvalue weighted by Gasteiger charge is -2.13. The largest absolute Gasteiger partial charge is 0.480 e. The van der Waals surface area contributed by atoms with Crippen LogP contribution in [-0.2, 0) is 4.79 Å². The zero-order valence-corrected chi connectivity index (χ0v) is 8.88. The molecule has 1 rings (SSSR count). The van der Waals surface area contributed by atoms with E-state index in [9.17, 15) is 9.18 Å². The molecule has 0 saturated carbocycles. The van der Waals surface area contributed by atoms with Crippen LogP contribution in [0.15, 0.2) is 18.2 Å². The molecular weight excluding hydrogens is 221 g/mol. The van der Waals surface area contributed by atoms with Gasteiger partial charge >= 0.3 is 5.97 Å². The highest BCUT2D eigenvalue weighted by Crippen LogP contribution is 2.20. The number of hydrogen-bond donors (Lipinski definition) is 2. The number of rotatable bonds is 4. The van der Waals surface area contributed by atoms with Crippen molar-refractivity contribution in [2.24, 2.45) is 0 Å². The average Bonchev–Trinajstić information content (AvgIpc) is 2.19. The van der Waals surface area contributed by atoms with Crippen LogP contribution >= 0.6 is 11.6 Å². The van der Waals surface area contributed by atoms with E-state index in [0.717, 1.165) is 0 Å². The molecule has 0 aromatic heterocycles. The maximum Gasteiger partial charge on any atom is 0.326 e. The molecule has 0 aliphatic heterocycles. The van der Waals surface area contributed by atoms with Gasteiger partial charge < -0.3 is 10.4 Å². The minimum Gasteiger partial charge on any atom is -0.480 e. The van der Waals surface area contributed by atoms with Gasteiger partial charge in [0.1, 0.15) is 11.9 Å². The molecule has 2 N–H and O–H groups in total. The van der Waals surface area contributed by atoms with Crippen LogP contribution in [0, 0.1) is 5.82 Å². The zero-order chi connectivity index (χ0) is 11.4. The Bertz CT molecular complexity index is 370. The summed E-state index contributed by atoms with van der Waals surface area (Å²) < 4.78 is 12.8. The SMILES string of the molecule is CC[C@@H](Nc1ccc(F)c(Cl)c1)C(=O)O. The van der Waals surface area contributed by atoms with Gasteiger partial charge in [-0.1, -0.05) is 18.5 Å². The maximum atomic E-state index is 12.8. The van der Waals surface area contributed by atoms with Gasteiger partial charge in [0.2, 0.25) is 0 Å². The van der Waals surface area contributed by atoms with E-state index in [4.69, 9.17) is 16.7 Å². The van der Waals surface area contributed by atoms with Crippen molar-refractivity contribution in [2.45, 2.75) is 19.4 Å². The number of hydrogen-bond acceptors (Lipinski definition) is 2. The third-order valence-electron chi connectivity index (χ3n) is 1.97. The first-order chi connectivity index (χ1) is 7.04. The highest BCUT2D eigenvalue weighted by molar-refractivity contribution is 6.31.